The van der Waals surface area contributed by atoms with Crippen molar-refractivity contribution in [2.45, 2.75) is 84.5 Å². The van der Waals surface area contributed by atoms with Gasteiger partial charge < -0.3 is 30.6 Å². The first-order chi connectivity index (χ1) is 15.2. The number of carbonyl (C=O) groups is 6. The summed E-state index contributed by atoms with van der Waals surface area (Å²) in [6.07, 6.45) is 3.96. The van der Waals surface area contributed by atoms with E-state index >= 15 is 0 Å². The maximum absolute atomic E-state index is 10.3. The van der Waals surface area contributed by atoms with Crippen LogP contribution in [0.25, 0.3) is 0 Å². The molecule has 0 bridgehead atoms. The first-order valence-corrected chi connectivity index (χ1v) is 10.5. The third kappa shape index (κ3) is 33.7. The van der Waals surface area contributed by atoms with Crippen molar-refractivity contribution in [3.05, 3.63) is 0 Å². The highest BCUT2D eigenvalue weighted by Gasteiger charge is 2.16. The number of carboxylic acids is 6. The van der Waals surface area contributed by atoms with Gasteiger partial charge in [0, 0.05) is 25.7 Å². The fourth-order valence-corrected chi connectivity index (χ4v) is 2.03. The van der Waals surface area contributed by atoms with Gasteiger partial charge in [-0.15, -0.1) is 0 Å². The van der Waals surface area contributed by atoms with Crippen molar-refractivity contribution >= 4 is 35.8 Å². The number of rotatable bonds is 16. The molecule has 192 valence electrons. The van der Waals surface area contributed by atoms with E-state index in [0.29, 0.717) is 44.9 Å². The molecule has 0 rings (SSSR count). The number of unbranched alkanes of at least 4 members (excludes halogenated alkanes) is 3. The van der Waals surface area contributed by atoms with E-state index in [1.54, 1.807) is 13.8 Å². The first kappa shape index (κ1) is 34.4. The van der Waals surface area contributed by atoms with Crippen molar-refractivity contribution in [1.82, 2.24) is 0 Å². The van der Waals surface area contributed by atoms with Gasteiger partial charge in [0.2, 0.25) is 0 Å². The van der Waals surface area contributed by atoms with Crippen LogP contribution in [0.5, 0.6) is 0 Å². The fraction of sp³-hybridized carbons (Fsp3) is 0.714. The van der Waals surface area contributed by atoms with Crippen LogP contribution < -0.4 is 0 Å². The number of hydrogen-bond donors (Lipinski definition) is 6. The molecule has 0 fully saturated rings. The minimum atomic E-state index is -0.870. The highest BCUT2D eigenvalue weighted by molar-refractivity contribution is 5.71. The Morgan fingerprint density at radius 1 is 0.455 bits per heavy atom. The average molecular weight is 481 g/mol. The van der Waals surface area contributed by atoms with Gasteiger partial charge in [-0.25, -0.2) is 0 Å². The first-order valence-electron chi connectivity index (χ1n) is 10.5. The molecule has 0 aromatic carbocycles. The normalized spacial score (nSPS) is 11.5. The Morgan fingerprint density at radius 2 is 0.667 bits per heavy atom. The molecule has 2 unspecified atom stereocenters. The molecule has 0 aliphatic carbocycles. The lowest BCUT2D eigenvalue weighted by Crippen LogP contribution is -2.14. The van der Waals surface area contributed by atoms with Gasteiger partial charge in [0.25, 0.3) is 0 Å². The van der Waals surface area contributed by atoms with Gasteiger partial charge in [0.1, 0.15) is 0 Å². The zero-order valence-electron chi connectivity index (χ0n) is 19.1. The number of carboxylic acid groups (broad SMARTS) is 6. The highest BCUT2D eigenvalue weighted by atomic mass is 16.4. The van der Waals surface area contributed by atoms with Crippen LogP contribution in [0.3, 0.4) is 0 Å². The van der Waals surface area contributed by atoms with Gasteiger partial charge >= 0.3 is 35.8 Å². The maximum Gasteiger partial charge on any atom is 0.306 e. The van der Waals surface area contributed by atoms with Gasteiger partial charge in [-0.2, -0.15) is 0 Å². The average Bonchev–Trinajstić information content (AvgIpc) is 2.68. The molecule has 0 heterocycles. The van der Waals surface area contributed by atoms with Crippen LogP contribution in [-0.4, -0.2) is 66.5 Å². The van der Waals surface area contributed by atoms with E-state index in [0.717, 1.165) is 0 Å². The SMILES string of the molecule is CC(CCC(C)C(=O)O)C(=O)O.O=C(O)CCCCC(=O)O.O=C(O)CCCCCC(=O)O. The molecule has 0 aromatic heterocycles. The second kappa shape index (κ2) is 22.0. The van der Waals surface area contributed by atoms with Gasteiger partial charge in [-0.1, -0.05) is 20.3 Å². The molecule has 12 nitrogen and oxygen atoms in total. The zero-order chi connectivity index (χ0) is 26.4. The Bertz CT molecular complexity index is 562. The summed E-state index contributed by atoms with van der Waals surface area (Å²) in [6.45, 7) is 3.16. The van der Waals surface area contributed by atoms with Crippen LogP contribution in [0.15, 0.2) is 0 Å². The van der Waals surface area contributed by atoms with Crippen molar-refractivity contribution in [2.75, 3.05) is 0 Å². The quantitative estimate of drug-likeness (QED) is 0.175. The molecule has 33 heavy (non-hydrogen) atoms. The maximum atomic E-state index is 10.3. The molecule has 0 radical (unpaired) electrons. The Labute approximate surface area is 192 Å². The minimum Gasteiger partial charge on any atom is -0.481 e. The summed E-state index contributed by atoms with van der Waals surface area (Å²) in [7, 11) is 0. The Morgan fingerprint density at radius 3 is 0.848 bits per heavy atom. The van der Waals surface area contributed by atoms with Crippen LogP contribution in [0.2, 0.25) is 0 Å². The third-order valence-electron chi connectivity index (χ3n) is 4.19. The molecular formula is C21H36O12. The van der Waals surface area contributed by atoms with Crippen molar-refractivity contribution in [3.8, 4) is 0 Å². The van der Waals surface area contributed by atoms with Crippen molar-refractivity contribution in [2.24, 2.45) is 11.8 Å². The number of aliphatic carboxylic acids is 6. The summed E-state index contributed by atoms with van der Waals surface area (Å²) in [4.78, 5) is 60.4. The summed E-state index contributed by atoms with van der Waals surface area (Å²) in [5.74, 6) is -6.02. The van der Waals surface area contributed by atoms with E-state index in [2.05, 4.69) is 0 Å². The van der Waals surface area contributed by atoms with E-state index in [9.17, 15) is 28.8 Å². The van der Waals surface area contributed by atoms with Crippen LogP contribution in [-0.2, 0) is 28.8 Å². The topological polar surface area (TPSA) is 224 Å². The van der Waals surface area contributed by atoms with Gasteiger partial charge in [0.05, 0.1) is 11.8 Å². The Balaban J connectivity index is -0.000000411. The second-order valence-electron chi connectivity index (χ2n) is 7.40. The van der Waals surface area contributed by atoms with E-state index in [4.69, 9.17) is 30.6 Å². The third-order valence-corrected chi connectivity index (χ3v) is 4.19. The minimum absolute atomic E-state index is 0.0628. The molecule has 0 aromatic rings. The monoisotopic (exact) mass is 480 g/mol. The second-order valence-corrected chi connectivity index (χ2v) is 7.40. The molecule has 0 aliphatic rings. The van der Waals surface area contributed by atoms with Crippen molar-refractivity contribution < 1.29 is 59.4 Å². The predicted molar refractivity (Wildman–Crippen MR) is 115 cm³/mol. The Kier molecular flexibility index (Phi) is 23.0. The summed E-state index contributed by atoms with van der Waals surface area (Å²) in [5.41, 5.74) is 0. The smallest absolute Gasteiger partial charge is 0.306 e. The largest absolute Gasteiger partial charge is 0.481 e. The van der Waals surface area contributed by atoms with E-state index in [1.165, 1.54) is 0 Å². The molecule has 6 N–H and O–H groups in total. The Hall–Kier alpha value is -3.18. The molecule has 2 atom stereocenters. The lowest BCUT2D eigenvalue weighted by molar-refractivity contribution is -0.144. The summed E-state index contributed by atoms with van der Waals surface area (Å²) in [5, 5.41) is 49.6. The fourth-order valence-electron chi connectivity index (χ4n) is 2.03. The van der Waals surface area contributed by atoms with E-state index in [-0.39, 0.29) is 25.7 Å². The lowest BCUT2D eigenvalue weighted by Gasteiger charge is -2.08. The van der Waals surface area contributed by atoms with Gasteiger partial charge in [-0.3, -0.25) is 28.8 Å². The van der Waals surface area contributed by atoms with Crippen LogP contribution >= 0.6 is 0 Å². The molecule has 0 spiro atoms. The van der Waals surface area contributed by atoms with Crippen molar-refractivity contribution in [3.63, 3.8) is 0 Å². The molecule has 12 heteroatoms. The van der Waals surface area contributed by atoms with E-state index in [1.807, 2.05) is 0 Å². The summed E-state index contributed by atoms with van der Waals surface area (Å²) < 4.78 is 0. The van der Waals surface area contributed by atoms with E-state index < -0.39 is 47.7 Å². The summed E-state index contributed by atoms with van der Waals surface area (Å²) >= 11 is 0. The molecular weight excluding hydrogens is 444 g/mol. The van der Waals surface area contributed by atoms with Crippen LogP contribution in [0, 0.1) is 11.8 Å². The highest BCUT2D eigenvalue weighted by Crippen LogP contribution is 2.12. The molecule has 0 saturated carbocycles. The standard InChI is InChI=1S/C8H14O4.C7H12O4.C6H10O4/c1-5(7(9)10)3-4-6(2)8(11)12;8-6(9)4-2-1-3-5-7(10)11;7-5(8)3-1-2-4-6(9)10/h5-6H,3-4H2,1-2H3,(H,9,10)(H,11,12);1-5H2,(H,8,9)(H,10,11);1-4H2,(H,7,8)(H,9,10). The zero-order valence-corrected chi connectivity index (χ0v) is 19.1. The predicted octanol–water partition coefficient (Wildman–Crippen LogP) is 3.03. The molecule has 0 amide bonds. The van der Waals surface area contributed by atoms with Gasteiger partial charge in [-0.05, 0) is 38.5 Å². The van der Waals surface area contributed by atoms with Crippen LogP contribution in [0.4, 0.5) is 0 Å². The molecule has 0 aliphatic heterocycles. The summed E-state index contributed by atoms with van der Waals surface area (Å²) in [6, 6.07) is 0. The van der Waals surface area contributed by atoms with Crippen LogP contribution in [0.1, 0.15) is 84.5 Å². The number of hydrogen-bond acceptors (Lipinski definition) is 6. The molecule has 0 saturated heterocycles. The lowest BCUT2D eigenvalue weighted by atomic mass is 9.98. The van der Waals surface area contributed by atoms with Gasteiger partial charge in [0.15, 0.2) is 0 Å². The van der Waals surface area contributed by atoms with Crippen molar-refractivity contribution in [1.29, 1.82) is 0 Å².